The van der Waals surface area contributed by atoms with E-state index in [1.807, 2.05) is 37.3 Å². The lowest BCUT2D eigenvalue weighted by Gasteiger charge is -2.27. The molecule has 0 aliphatic carbocycles. The van der Waals surface area contributed by atoms with Gasteiger partial charge in [-0.1, -0.05) is 36.4 Å². The molecule has 9 nitrogen and oxygen atoms in total. The number of hydrogen-bond donors (Lipinski definition) is 1. The second-order valence-electron chi connectivity index (χ2n) is 8.49. The zero-order valence-corrected chi connectivity index (χ0v) is 21.3. The molecule has 9 heteroatoms. The fourth-order valence-corrected chi connectivity index (χ4v) is 3.77. The van der Waals surface area contributed by atoms with E-state index in [0.29, 0.717) is 34.4 Å². The van der Waals surface area contributed by atoms with Crippen LogP contribution in [0.15, 0.2) is 83.3 Å². The molecule has 3 aromatic carbocycles. The van der Waals surface area contributed by atoms with E-state index in [1.54, 1.807) is 55.5 Å². The van der Waals surface area contributed by atoms with Crippen molar-refractivity contribution in [3.63, 3.8) is 0 Å². The number of carboxylic acids is 1. The van der Waals surface area contributed by atoms with Gasteiger partial charge in [0, 0.05) is 11.6 Å². The van der Waals surface area contributed by atoms with Crippen LogP contribution in [0.5, 0.6) is 17.2 Å². The van der Waals surface area contributed by atoms with Gasteiger partial charge < -0.3 is 23.7 Å². The van der Waals surface area contributed by atoms with Gasteiger partial charge >= 0.3 is 12.1 Å². The van der Waals surface area contributed by atoms with Crippen LogP contribution in [0.4, 0.5) is 4.79 Å². The summed E-state index contributed by atoms with van der Waals surface area (Å²) in [5.74, 6) is 1.41. The van der Waals surface area contributed by atoms with Crippen LogP contribution < -0.4 is 14.2 Å². The Labute approximate surface area is 220 Å². The first-order valence-corrected chi connectivity index (χ1v) is 11.9. The third kappa shape index (κ3) is 6.50. The highest BCUT2D eigenvalue weighted by Crippen LogP contribution is 2.27. The minimum Gasteiger partial charge on any atom is -0.497 e. The molecular weight excluding hydrogens is 488 g/mol. The summed E-state index contributed by atoms with van der Waals surface area (Å²) in [4.78, 5) is 30.1. The number of oxazole rings is 1. The Morgan fingerprint density at radius 3 is 2.37 bits per heavy atom. The SMILES string of the molecule is COc1cccc(OC(=O)N(CC(=O)O)C(C)c2ccc(OCc3nc(-c4ccccc4)oc3C)cc2)c1. The summed E-state index contributed by atoms with van der Waals surface area (Å²) >= 11 is 0. The van der Waals surface area contributed by atoms with Crippen LogP contribution in [0.1, 0.15) is 30.0 Å². The lowest BCUT2D eigenvalue weighted by atomic mass is 10.1. The van der Waals surface area contributed by atoms with E-state index < -0.39 is 24.6 Å². The molecule has 0 aliphatic heterocycles. The molecule has 4 rings (SSSR count). The monoisotopic (exact) mass is 516 g/mol. The summed E-state index contributed by atoms with van der Waals surface area (Å²) < 4.78 is 22.2. The lowest BCUT2D eigenvalue weighted by molar-refractivity contribution is -0.138. The number of aryl methyl sites for hydroxylation is 1. The molecule has 1 atom stereocenters. The molecule has 1 aromatic heterocycles. The molecule has 0 saturated carbocycles. The molecule has 0 radical (unpaired) electrons. The molecule has 0 saturated heterocycles. The van der Waals surface area contributed by atoms with Gasteiger partial charge in [0.2, 0.25) is 5.89 Å². The van der Waals surface area contributed by atoms with E-state index in [-0.39, 0.29) is 12.4 Å². The van der Waals surface area contributed by atoms with E-state index in [4.69, 9.17) is 18.6 Å². The number of amides is 1. The lowest BCUT2D eigenvalue weighted by Crippen LogP contribution is -2.39. The first-order valence-electron chi connectivity index (χ1n) is 11.9. The highest BCUT2D eigenvalue weighted by molar-refractivity contribution is 5.78. The standard InChI is InChI=1S/C29H28N2O7/c1-19(31(17-27(32)33)29(34)38-25-11-7-10-24(16-25)35-3)21-12-14-23(15-13-21)36-18-26-20(2)37-28(30-26)22-8-5-4-6-9-22/h4-16,19H,17-18H2,1-3H3,(H,32,33). The largest absolute Gasteiger partial charge is 0.497 e. The number of benzene rings is 3. The Morgan fingerprint density at radius 2 is 1.68 bits per heavy atom. The van der Waals surface area contributed by atoms with Crippen molar-refractivity contribution in [2.75, 3.05) is 13.7 Å². The zero-order chi connectivity index (χ0) is 27.1. The third-order valence-corrected chi connectivity index (χ3v) is 5.91. The zero-order valence-electron chi connectivity index (χ0n) is 21.3. The fraction of sp³-hybridized carbons (Fsp3) is 0.207. The molecular formula is C29H28N2O7. The number of nitrogens with zero attached hydrogens (tertiary/aromatic N) is 2. The minimum atomic E-state index is -1.16. The Hall–Kier alpha value is -4.79. The smallest absolute Gasteiger partial charge is 0.416 e. The first-order chi connectivity index (χ1) is 18.3. The molecule has 0 bridgehead atoms. The third-order valence-electron chi connectivity index (χ3n) is 5.91. The molecule has 196 valence electrons. The number of rotatable bonds is 10. The summed E-state index contributed by atoms with van der Waals surface area (Å²) in [7, 11) is 1.50. The van der Waals surface area contributed by atoms with Crippen molar-refractivity contribution >= 4 is 12.1 Å². The number of hydrogen-bond acceptors (Lipinski definition) is 7. The van der Waals surface area contributed by atoms with Crippen molar-refractivity contribution in [3.05, 3.63) is 95.9 Å². The molecule has 0 fully saturated rings. The molecule has 4 aromatic rings. The maximum atomic E-state index is 12.9. The first kappa shape index (κ1) is 26.3. The van der Waals surface area contributed by atoms with Gasteiger partial charge in [-0.05, 0) is 55.8 Å². The number of methoxy groups -OCH3 is 1. The van der Waals surface area contributed by atoms with E-state index in [1.165, 1.54) is 7.11 Å². The maximum Gasteiger partial charge on any atom is 0.416 e. The second-order valence-corrected chi connectivity index (χ2v) is 8.49. The summed E-state index contributed by atoms with van der Waals surface area (Å²) in [6, 6.07) is 22.6. The van der Waals surface area contributed by atoms with Gasteiger partial charge in [-0.25, -0.2) is 9.78 Å². The van der Waals surface area contributed by atoms with Crippen molar-refractivity contribution in [3.8, 4) is 28.7 Å². The van der Waals surface area contributed by atoms with Crippen LogP contribution in [0.25, 0.3) is 11.5 Å². The predicted octanol–water partition coefficient (Wildman–Crippen LogP) is 5.88. The van der Waals surface area contributed by atoms with Crippen molar-refractivity contribution in [1.82, 2.24) is 9.88 Å². The Bertz CT molecular complexity index is 1380. The Balaban J connectivity index is 1.42. The predicted molar refractivity (Wildman–Crippen MR) is 139 cm³/mol. The van der Waals surface area contributed by atoms with Gasteiger partial charge in [-0.2, -0.15) is 0 Å². The van der Waals surface area contributed by atoms with Crippen molar-refractivity contribution < 1.29 is 33.3 Å². The quantitative estimate of drug-likeness (QED) is 0.278. The number of aliphatic carboxylic acids is 1. The summed E-state index contributed by atoms with van der Waals surface area (Å²) in [5.41, 5.74) is 2.29. The van der Waals surface area contributed by atoms with Crippen molar-refractivity contribution in [1.29, 1.82) is 0 Å². The van der Waals surface area contributed by atoms with Crippen molar-refractivity contribution in [2.24, 2.45) is 0 Å². The van der Waals surface area contributed by atoms with Crippen LogP contribution in [0.2, 0.25) is 0 Å². The van der Waals surface area contributed by atoms with Gasteiger partial charge in [-0.3, -0.25) is 9.69 Å². The topological polar surface area (TPSA) is 111 Å². The van der Waals surface area contributed by atoms with Crippen LogP contribution >= 0.6 is 0 Å². The second kappa shape index (κ2) is 12.0. The van der Waals surface area contributed by atoms with E-state index in [9.17, 15) is 14.7 Å². The summed E-state index contributed by atoms with van der Waals surface area (Å²) in [6.45, 7) is 3.26. The van der Waals surface area contributed by atoms with Gasteiger partial charge in [0.05, 0.1) is 13.2 Å². The number of aromatic nitrogens is 1. The average molecular weight is 517 g/mol. The van der Waals surface area contributed by atoms with Crippen LogP contribution in [-0.2, 0) is 11.4 Å². The molecule has 1 heterocycles. The van der Waals surface area contributed by atoms with Gasteiger partial charge in [0.25, 0.3) is 0 Å². The van der Waals surface area contributed by atoms with Gasteiger partial charge in [0.1, 0.15) is 41.9 Å². The minimum absolute atomic E-state index is 0.217. The molecule has 1 N–H and O–H groups in total. The van der Waals surface area contributed by atoms with E-state index in [0.717, 1.165) is 10.5 Å². The van der Waals surface area contributed by atoms with Gasteiger partial charge in [-0.15, -0.1) is 0 Å². The Kier molecular flexibility index (Phi) is 8.27. The van der Waals surface area contributed by atoms with E-state index in [2.05, 4.69) is 4.98 Å². The normalized spacial score (nSPS) is 11.4. The average Bonchev–Trinajstić information content (AvgIpc) is 3.31. The van der Waals surface area contributed by atoms with E-state index >= 15 is 0 Å². The number of ether oxygens (including phenoxy) is 3. The van der Waals surface area contributed by atoms with Crippen molar-refractivity contribution in [2.45, 2.75) is 26.5 Å². The molecule has 0 aliphatic rings. The maximum absolute atomic E-state index is 12.9. The molecule has 38 heavy (non-hydrogen) atoms. The number of carboxylic acid groups (broad SMARTS) is 1. The number of carbonyl (C=O) groups is 2. The van der Waals surface area contributed by atoms with Crippen LogP contribution in [-0.4, -0.2) is 40.7 Å². The summed E-state index contributed by atoms with van der Waals surface area (Å²) in [5, 5.41) is 9.39. The van der Waals surface area contributed by atoms with Gasteiger partial charge in [0.15, 0.2) is 0 Å². The molecule has 1 amide bonds. The number of carbonyl (C=O) groups excluding carboxylic acids is 1. The highest BCUT2D eigenvalue weighted by atomic mass is 16.6. The fourth-order valence-electron chi connectivity index (χ4n) is 3.77. The van der Waals surface area contributed by atoms with Crippen LogP contribution in [0.3, 0.4) is 0 Å². The molecule has 1 unspecified atom stereocenters. The van der Waals surface area contributed by atoms with Crippen LogP contribution in [0, 0.1) is 6.92 Å². The highest BCUT2D eigenvalue weighted by Gasteiger charge is 2.26. The Morgan fingerprint density at radius 1 is 0.974 bits per heavy atom. The molecule has 0 spiro atoms. The summed E-state index contributed by atoms with van der Waals surface area (Å²) in [6.07, 6.45) is -0.788.